The molecule has 0 saturated carbocycles. The third-order valence-electron chi connectivity index (χ3n) is 3.08. The van der Waals surface area contributed by atoms with Crippen LogP contribution in [0, 0.1) is 11.8 Å². The van der Waals surface area contributed by atoms with Gasteiger partial charge in [-0.2, -0.15) is 0 Å². The van der Waals surface area contributed by atoms with E-state index in [2.05, 4.69) is 0 Å². The Kier molecular flexibility index (Phi) is 3.68. The van der Waals surface area contributed by atoms with Gasteiger partial charge in [-0.15, -0.1) is 0 Å². The van der Waals surface area contributed by atoms with Crippen LogP contribution in [0.4, 0.5) is 0 Å². The first-order valence-electron chi connectivity index (χ1n) is 5.24. The highest BCUT2D eigenvalue weighted by Crippen LogP contribution is 2.24. The fourth-order valence-corrected chi connectivity index (χ4v) is 1.62. The molecule has 2 atom stereocenters. The Morgan fingerprint density at radius 3 is 2.47 bits per heavy atom. The molecule has 3 N–H and O–H groups in total. The van der Waals surface area contributed by atoms with Crippen molar-refractivity contribution in [1.82, 2.24) is 4.90 Å². The fourth-order valence-electron chi connectivity index (χ4n) is 1.62. The van der Waals surface area contributed by atoms with Crippen molar-refractivity contribution < 1.29 is 14.7 Å². The fraction of sp³-hybridized carbons (Fsp3) is 0.800. The van der Waals surface area contributed by atoms with Gasteiger partial charge in [0.1, 0.15) is 0 Å². The van der Waals surface area contributed by atoms with Gasteiger partial charge in [0.25, 0.3) is 0 Å². The van der Waals surface area contributed by atoms with E-state index in [0.717, 1.165) is 0 Å². The summed E-state index contributed by atoms with van der Waals surface area (Å²) in [4.78, 5) is 23.9. The molecule has 1 amide bonds. The standard InChI is InChI=1S/C10H18N2O3/c1-3-8(11)9(13)12-4-7(5-12)6(2)10(14)15/h6-8H,3-5,11H2,1-2H3,(H,14,15). The summed E-state index contributed by atoms with van der Waals surface area (Å²) >= 11 is 0. The topological polar surface area (TPSA) is 83.6 Å². The Hall–Kier alpha value is -1.10. The van der Waals surface area contributed by atoms with E-state index in [9.17, 15) is 9.59 Å². The van der Waals surface area contributed by atoms with E-state index < -0.39 is 12.0 Å². The zero-order valence-corrected chi connectivity index (χ0v) is 9.14. The van der Waals surface area contributed by atoms with Gasteiger partial charge in [0, 0.05) is 19.0 Å². The molecule has 86 valence electrons. The molecule has 1 rings (SSSR count). The van der Waals surface area contributed by atoms with Gasteiger partial charge in [-0.25, -0.2) is 0 Å². The van der Waals surface area contributed by atoms with E-state index in [1.54, 1.807) is 11.8 Å². The Morgan fingerprint density at radius 1 is 1.53 bits per heavy atom. The molecule has 1 aliphatic rings. The Morgan fingerprint density at radius 2 is 2.07 bits per heavy atom. The third-order valence-corrected chi connectivity index (χ3v) is 3.08. The summed E-state index contributed by atoms with van der Waals surface area (Å²) in [5.74, 6) is -1.17. The molecule has 0 bridgehead atoms. The minimum atomic E-state index is -0.799. The quantitative estimate of drug-likeness (QED) is 0.684. The third kappa shape index (κ3) is 2.47. The Balaban J connectivity index is 2.37. The van der Waals surface area contributed by atoms with Crippen LogP contribution < -0.4 is 5.73 Å². The lowest BCUT2D eigenvalue weighted by Gasteiger charge is -2.42. The SMILES string of the molecule is CCC(N)C(=O)N1CC(C(C)C(=O)O)C1. The number of nitrogens with two attached hydrogens (primary N) is 1. The predicted octanol–water partition coefficient (Wildman–Crippen LogP) is -0.0972. The van der Waals surface area contributed by atoms with E-state index in [0.29, 0.717) is 19.5 Å². The lowest BCUT2D eigenvalue weighted by Crippen LogP contribution is -2.57. The van der Waals surface area contributed by atoms with Gasteiger partial charge in [0.2, 0.25) is 5.91 Å². The summed E-state index contributed by atoms with van der Waals surface area (Å²) in [6.07, 6.45) is 0.620. The number of carboxylic acids is 1. The van der Waals surface area contributed by atoms with Crippen LogP contribution in [0.3, 0.4) is 0 Å². The molecule has 5 nitrogen and oxygen atoms in total. The minimum Gasteiger partial charge on any atom is -0.481 e. The first-order chi connectivity index (χ1) is 6.97. The molecule has 0 aromatic rings. The molecule has 1 aliphatic heterocycles. The molecular weight excluding hydrogens is 196 g/mol. The van der Waals surface area contributed by atoms with Crippen LogP contribution in [0.2, 0.25) is 0 Å². The number of hydrogen-bond acceptors (Lipinski definition) is 3. The molecule has 0 aromatic heterocycles. The maximum atomic E-state index is 11.5. The van der Waals surface area contributed by atoms with Crippen LogP contribution in [0.15, 0.2) is 0 Å². The average molecular weight is 214 g/mol. The van der Waals surface area contributed by atoms with Crippen molar-refractivity contribution in [2.24, 2.45) is 17.6 Å². The number of carbonyl (C=O) groups excluding carboxylic acids is 1. The van der Waals surface area contributed by atoms with Crippen molar-refractivity contribution in [2.45, 2.75) is 26.3 Å². The Labute approximate surface area is 89.2 Å². The van der Waals surface area contributed by atoms with E-state index in [1.165, 1.54) is 0 Å². The second-order valence-corrected chi connectivity index (χ2v) is 4.14. The summed E-state index contributed by atoms with van der Waals surface area (Å²) in [6.45, 7) is 4.59. The normalized spacial score (nSPS) is 20.6. The van der Waals surface area contributed by atoms with Crippen molar-refractivity contribution in [3.63, 3.8) is 0 Å². The monoisotopic (exact) mass is 214 g/mol. The highest BCUT2D eigenvalue weighted by molar-refractivity contribution is 5.82. The first kappa shape index (κ1) is 12.0. The van der Waals surface area contributed by atoms with Crippen LogP contribution in [0.5, 0.6) is 0 Å². The van der Waals surface area contributed by atoms with E-state index >= 15 is 0 Å². The zero-order chi connectivity index (χ0) is 11.6. The van der Waals surface area contributed by atoms with E-state index in [-0.39, 0.29) is 17.7 Å². The number of rotatable bonds is 4. The number of amides is 1. The van der Waals surface area contributed by atoms with Crippen LogP contribution in [0.25, 0.3) is 0 Å². The number of nitrogens with zero attached hydrogens (tertiary/aromatic N) is 1. The molecular formula is C10H18N2O3. The van der Waals surface area contributed by atoms with Crippen molar-refractivity contribution in [1.29, 1.82) is 0 Å². The van der Waals surface area contributed by atoms with Gasteiger partial charge in [0.15, 0.2) is 0 Å². The lowest BCUT2D eigenvalue weighted by atomic mass is 9.86. The van der Waals surface area contributed by atoms with Gasteiger partial charge in [-0.05, 0) is 6.42 Å². The van der Waals surface area contributed by atoms with Crippen LogP contribution in [-0.4, -0.2) is 41.0 Å². The summed E-state index contributed by atoms with van der Waals surface area (Å²) in [7, 11) is 0. The largest absolute Gasteiger partial charge is 0.481 e. The molecule has 1 saturated heterocycles. The van der Waals surface area contributed by atoms with Crippen molar-refractivity contribution in [2.75, 3.05) is 13.1 Å². The summed E-state index contributed by atoms with van der Waals surface area (Å²) < 4.78 is 0. The Bertz CT molecular complexity index is 261. The second-order valence-electron chi connectivity index (χ2n) is 4.14. The predicted molar refractivity (Wildman–Crippen MR) is 55.1 cm³/mol. The molecule has 15 heavy (non-hydrogen) atoms. The van der Waals surface area contributed by atoms with Crippen molar-refractivity contribution in [3.05, 3.63) is 0 Å². The maximum absolute atomic E-state index is 11.5. The summed E-state index contributed by atoms with van der Waals surface area (Å²) in [5.41, 5.74) is 5.60. The number of carbonyl (C=O) groups is 2. The molecule has 2 unspecified atom stereocenters. The molecule has 0 radical (unpaired) electrons. The van der Waals surface area contributed by atoms with E-state index in [1.807, 2.05) is 6.92 Å². The molecule has 1 fully saturated rings. The molecule has 0 spiro atoms. The smallest absolute Gasteiger partial charge is 0.306 e. The minimum absolute atomic E-state index is 0.0636. The second kappa shape index (κ2) is 4.61. The van der Waals surface area contributed by atoms with Crippen LogP contribution in [0.1, 0.15) is 20.3 Å². The molecule has 0 aliphatic carbocycles. The highest BCUT2D eigenvalue weighted by Gasteiger charge is 2.38. The summed E-state index contributed by atoms with van der Waals surface area (Å²) in [6, 6.07) is -0.439. The number of hydrogen-bond donors (Lipinski definition) is 2. The number of carboxylic acid groups (broad SMARTS) is 1. The van der Waals surface area contributed by atoms with Gasteiger partial charge >= 0.3 is 5.97 Å². The number of likely N-dealkylation sites (tertiary alicyclic amines) is 1. The number of aliphatic carboxylic acids is 1. The van der Waals surface area contributed by atoms with Gasteiger partial charge < -0.3 is 15.7 Å². The van der Waals surface area contributed by atoms with Gasteiger partial charge in [-0.1, -0.05) is 13.8 Å². The lowest BCUT2D eigenvalue weighted by molar-refractivity contribution is -0.151. The maximum Gasteiger partial charge on any atom is 0.306 e. The molecule has 0 aromatic carbocycles. The molecule has 1 heterocycles. The highest BCUT2D eigenvalue weighted by atomic mass is 16.4. The van der Waals surface area contributed by atoms with E-state index in [4.69, 9.17) is 10.8 Å². The first-order valence-corrected chi connectivity index (χ1v) is 5.24. The van der Waals surface area contributed by atoms with Gasteiger partial charge in [0.05, 0.1) is 12.0 Å². The van der Waals surface area contributed by atoms with Crippen molar-refractivity contribution >= 4 is 11.9 Å². The average Bonchev–Trinajstić information content (AvgIpc) is 2.13. The summed E-state index contributed by atoms with van der Waals surface area (Å²) in [5, 5.41) is 8.77. The van der Waals surface area contributed by atoms with Crippen molar-refractivity contribution in [3.8, 4) is 0 Å². The molecule has 5 heteroatoms. The van der Waals surface area contributed by atoms with Gasteiger partial charge in [-0.3, -0.25) is 9.59 Å². The zero-order valence-electron chi connectivity index (χ0n) is 9.14. The van der Waals surface area contributed by atoms with Crippen LogP contribution in [-0.2, 0) is 9.59 Å². The van der Waals surface area contributed by atoms with Crippen LogP contribution >= 0.6 is 0 Å².